The van der Waals surface area contributed by atoms with Crippen molar-refractivity contribution < 1.29 is 13.9 Å². The SMILES string of the molecule is COc1ccc(C(=O)c2ccc(F)c(Br)c2)c(Cl)c1. The van der Waals surface area contributed by atoms with Crippen LogP contribution in [0.2, 0.25) is 5.02 Å². The van der Waals surface area contributed by atoms with Crippen LogP contribution in [0.5, 0.6) is 5.75 Å². The largest absolute Gasteiger partial charge is 0.497 e. The number of carbonyl (C=O) groups is 1. The summed E-state index contributed by atoms with van der Waals surface area (Å²) in [6, 6.07) is 8.88. The number of carbonyl (C=O) groups excluding carboxylic acids is 1. The summed E-state index contributed by atoms with van der Waals surface area (Å²) < 4.78 is 18.4. The number of rotatable bonds is 3. The van der Waals surface area contributed by atoms with Crippen LogP contribution in [-0.4, -0.2) is 12.9 Å². The molecule has 0 bridgehead atoms. The summed E-state index contributed by atoms with van der Waals surface area (Å²) in [5, 5.41) is 0.296. The highest BCUT2D eigenvalue weighted by Crippen LogP contribution is 2.26. The van der Waals surface area contributed by atoms with Crippen LogP contribution in [0.3, 0.4) is 0 Å². The number of benzene rings is 2. The first-order valence-electron chi connectivity index (χ1n) is 5.36. The molecule has 0 radical (unpaired) electrons. The standard InChI is InChI=1S/C14H9BrClFO2/c1-19-9-3-4-10(12(16)7-9)14(18)8-2-5-13(17)11(15)6-8/h2-7H,1H3. The first-order valence-corrected chi connectivity index (χ1v) is 6.53. The second-order valence-corrected chi connectivity index (χ2v) is 5.07. The van der Waals surface area contributed by atoms with Crippen molar-refractivity contribution in [3.05, 3.63) is 62.8 Å². The van der Waals surface area contributed by atoms with E-state index in [2.05, 4.69) is 15.9 Å². The first-order chi connectivity index (χ1) is 9.02. The zero-order valence-electron chi connectivity index (χ0n) is 9.91. The van der Waals surface area contributed by atoms with Crippen LogP contribution >= 0.6 is 27.5 Å². The maximum absolute atomic E-state index is 13.1. The van der Waals surface area contributed by atoms with E-state index >= 15 is 0 Å². The quantitative estimate of drug-likeness (QED) is 0.768. The first kappa shape index (κ1) is 14.0. The zero-order valence-corrected chi connectivity index (χ0v) is 12.3. The van der Waals surface area contributed by atoms with Gasteiger partial charge in [-0.05, 0) is 52.3 Å². The second-order valence-electron chi connectivity index (χ2n) is 3.80. The molecule has 0 atom stereocenters. The van der Waals surface area contributed by atoms with Gasteiger partial charge in [-0.2, -0.15) is 0 Å². The molecule has 5 heteroatoms. The molecule has 0 amide bonds. The Labute approximate surface area is 123 Å². The molecular formula is C14H9BrClFO2. The second kappa shape index (κ2) is 5.72. The number of hydrogen-bond acceptors (Lipinski definition) is 2. The molecule has 0 unspecified atom stereocenters. The third-order valence-electron chi connectivity index (χ3n) is 2.60. The third kappa shape index (κ3) is 2.96. The summed E-state index contributed by atoms with van der Waals surface area (Å²) in [4.78, 5) is 12.3. The van der Waals surface area contributed by atoms with Gasteiger partial charge in [0, 0.05) is 11.1 Å². The summed E-state index contributed by atoms with van der Waals surface area (Å²) in [6.45, 7) is 0. The fourth-order valence-electron chi connectivity index (χ4n) is 1.60. The maximum atomic E-state index is 13.1. The van der Waals surface area contributed by atoms with Crippen LogP contribution in [0.25, 0.3) is 0 Å². The Morgan fingerprint density at radius 2 is 2.00 bits per heavy atom. The van der Waals surface area contributed by atoms with E-state index in [0.717, 1.165) is 0 Å². The lowest BCUT2D eigenvalue weighted by molar-refractivity contribution is 0.103. The highest BCUT2D eigenvalue weighted by molar-refractivity contribution is 9.10. The van der Waals surface area contributed by atoms with Crippen LogP contribution < -0.4 is 4.74 Å². The van der Waals surface area contributed by atoms with Crippen molar-refractivity contribution in [3.63, 3.8) is 0 Å². The van der Waals surface area contributed by atoms with E-state index in [1.807, 2.05) is 0 Å². The van der Waals surface area contributed by atoms with Crippen molar-refractivity contribution in [2.75, 3.05) is 7.11 Å². The molecule has 0 spiro atoms. The Morgan fingerprint density at radius 3 is 2.58 bits per heavy atom. The molecule has 0 aromatic heterocycles. The molecule has 0 aliphatic heterocycles. The van der Waals surface area contributed by atoms with Gasteiger partial charge in [0.15, 0.2) is 5.78 Å². The van der Waals surface area contributed by atoms with Crippen molar-refractivity contribution in [1.82, 2.24) is 0 Å². The molecule has 0 saturated heterocycles. The van der Waals surface area contributed by atoms with E-state index < -0.39 is 5.82 Å². The number of methoxy groups -OCH3 is 1. The van der Waals surface area contributed by atoms with Crippen molar-refractivity contribution >= 4 is 33.3 Å². The molecule has 98 valence electrons. The van der Waals surface area contributed by atoms with Crippen LogP contribution in [0, 0.1) is 5.82 Å². The molecule has 2 rings (SSSR count). The van der Waals surface area contributed by atoms with Gasteiger partial charge in [0.25, 0.3) is 0 Å². The van der Waals surface area contributed by atoms with Gasteiger partial charge in [0.2, 0.25) is 0 Å². The van der Waals surface area contributed by atoms with Crippen LogP contribution in [-0.2, 0) is 0 Å². The molecule has 0 fully saturated rings. The summed E-state index contributed by atoms with van der Waals surface area (Å²) in [6.07, 6.45) is 0. The number of halogens is 3. The van der Waals surface area contributed by atoms with E-state index in [0.29, 0.717) is 21.9 Å². The minimum Gasteiger partial charge on any atom is -0.497 e. The molecule has 2 nitrogen and oxygen atoms in total. The highest BCUT2D eigenvalue weighted by Gasteiger charge is 2.14. The minimum absolute atomic E-state index is 0.239. The Balaban J connectivity index is 2.41. The lowest BCUT2D eigenvalue weighted by atomic mass is 10.0. The predicted molar refractivity (Wildman–Crippen MR) is 75.5 cm³/mol. The monoisotopic (exact) mass is 342 g/mol. The molecule has 2 aromatic carbocycles. The van der Waals surface area contributed by atoms with Gasteiger partial charge in [-0.15, -0.1) is 0 Å². The number of hydrogen-bond donors (Lipinski definition) is 0. The maximum Gasteiger partial charge on any atom is 0.194 e. The summed E-state index contributed by atoms with van der Waals surface area (Å²) in [5.41, 5.74) is 0.710. The fraction of sp³-hybridized carbons (Fsp3) is 0.0714. The molecule has 2 aromatic rings. The molecule has 0 saturated carbocycles. The topological polar surface area (TPSA) is 26.3 Å². The molecule has 0 N–H and O–H groups in total. The van der Waals surface area contributed by atoms with Crippen LogP contribution in [0.1, 0.15) is 15.9 Å². The molecule has 0 aliphatic rings. The van der Waals surface area contributed by atoms with E-state index in [-0.39, 0.29) is 10.3 Å². The van der Waals surface area contributed by atoms with Gasteiger partial charge in [-0.25, -0.2) is 4.39 Å². The van der Waals surface area contributed by atoms with Gasteiger partial charge in [0.1, 0.15) is 11.6 Å². The van der Waals surface area contributed by atoms with Crippen molar-refractivity contribution in [2.24, 2.45) is 0 Å². The van der Waals surface area contributed by atoms with Gasteiger partial charge in [-0.3, -0.25) is 4.79 Å². The number of ether oxygens (including phenoxy) is 1. The van der Waals surface area contributed by atoms with Crippen LogP contribution in [0.4, 0.5) is 4.39 Å². The third-order valence-corrected chi connectivity index (χ3v) is 3.52. The van der Waals surface area contributed by atoms with Gasteiger partial charge in [-0.1, -0.05) is 11.6 Å². The number of ketones is 1. The van der Waals surface area contributed by atoms with Gasteiger partial charge >= 0.3 is 0 Å². The van der Waals surface area contributed by atoms with Crippen molar-refractivity contribution in [3.8, 4) is 5.75 Å². The van der Waals surface area contributed by atoms with E-state index in [9.17, 15) is 9.18 Å². The Hall–Kier alpha value is -1.39. The van der Waals surface area contributed by atoms with Gasteiger partial charge < -0.3 is 4.74 Å². The molecule has 19 heavy (non-hydrogen) atoms. The molecule has 0 aliphatic carbocycles. The average Bonchev–Trinajstić information content (AvgIpc) is 2.41. The highest BCUT2D eigenvalue weighted by atomic mass is 79.9. The Morgan fingerprint density at radius 1 is 1.26 bits per heavy atom. The average molecular weight is 344 g/mol. The normalized spacial score (nSPS) is 10.3. The van der Waals surface area contributed by atoms with Crippen molar-refractivity contribution in [1.29, 1.82) is 0 Å². The predicted octanol–water partition coefficient (Wildman–Crippen LogP) is 4.48. The zero-order chi connectivity index (χ0) is 14.0. The minimum atomic E-state index is -0.419. The molecular weight excluding hydrogens is 335 g/mol. The summed E-state index contributed by atoms with van der Waals surface area (Å²) >= 11 is 9.09. The van der Waals surface area contributed by atoms with E-state index in [4.69, 9.17) is 16.3 Å². The van der Waals surface area contributed by atoms with Crippen LogP contribution in [0.15, 0.2) is 40.9 Å². The lowest BCUT2D eigenvalue weighted by Crippen LogP contribution is -2.03. The summed E-state index contributed by atoms with van der Waals surface area (Å²) in [7, 11) is 1.52. The fourth-order valence-corrected chi connectivity index (χ4v) is 2.23. The summed E-state index contributed by atoms with van der Waals surface area (Å²) in [5.74, 6) is -0.118. The Bertz CT molecular complexity index is 643. The Kier molecular flexibility index (Phi) is 4.22. The van der Waals surface area contributed by atoms with Gasteiger partial charge in [0.05, 0.1) is 16.6 Å². The lowest BCUT2D eigenvalue weighted by Gasteiger charge is -2.06. The van der Waals surface area contributed by atoms with Crippen molar-refractivity contribution in [2.45, 2.75) is 0 Å². The van der Waals surface area contributed by atoms with E-state index in [1.54, 1.807) is 18.2 Å². The van der Waals surface area contributed by atoms with E-state index in [1.165, 1.54) is 25.3 Å². The smallest absolute Gasteiger partial charge is 0.194 e. The molecule has 0 heterocycles.